The van der Waals surface area contributed by atoms with Crippen LogP contribution in [-0.4, -0.2) is 24.0 Å². The second-order valence-corrected chi connectivity index (χ2v) is 5.57. The molecule has 0 bridgehead atoms. The van der Waals surface area contributed by atoms with Crippen LogP contribution in [0.5, 0.6) is 0 Å². The Morgan fingerprint density at radius 3 is 2.65 bits per heavy atom. The van der Waals surface area contributed by atoms with Gasteiger partial charge in [-0.3, -0.25) is 20.2 Å². The molecule has 6 nitrogen and oxygen atoms in total. The lowest BCUT2D eigenvalue weighted by Gasteiger charge is -2.19. The minimum absolute atomic E-state index is 0.0132. The summed E-state index contributed by atoms with van der Waals surface area (Å²) in [7, 11) is 1.32. The average molecular weight is 345 g/mol. The highest BCUT2D eigenvalue weighted by Crippen LogP contribution is 2.23. The smallest absolute Gasteiger partial charge is 0.323 e. The third-order valence-electron chi connectivity index (χ3n) is 2.88. The molecule has 1 aromatic rings. The maximum atomic E-state index is 11.6. The third kappa shape index (κ3) is 4.28. The number of nitro groups is 1. The molecule has 1 rings (SSSR count). The van der Waals surface area contributed by atoms with Crippen LogP contribution < -0.4 is 5.32 Å². The number of nitrogens with zero attached hydrogens (tertiary/aromatic N) is 1. The fourth-order valence-corrected chi connectivity index (χ4v) is 2.14. The number of halogens is 1. The molecule has 0 aliphatic carbocycles. The molecular formula is C13H17BrN2O4. The Morgan fingerprint density at radius 1 is 1.50 bits per heavy atom. The molecule has 0 radical (unpaired) electrons. The fourth-order valence-electron chi connectivity index (χ4n) is 1.79. The van der Waals surface area contributed by atoms with Crippen molar-refractivity contribution >= 4 is 27.6 Å². The summed E-state index contributed by atoms with van der Waals surface area (Å²) in [5.74, 6) is -0.350. The van der Waals surface area contributed by atoms with Gasteiger partial charge in [0.05, 0.1) is 12.0 Å². The van der Waals surface area contributed by atoms with Gasteiger partial charge >= 0.3 is 5.97 Å². The monoisotopic (exact) mass is 344 g/mol. The van der Waals surface area contributed by atoms with Crippen molar-refractivity contribution in [3.63, 3.8) is 0 Å². The van der Waals surface area contributed by atoms with Gasteiger partial charge in [0.2, 0.25) is 0 Å². The van der Waals surface area contributed by atoms with E-state index in [1.54, 1.807) is 12.1 Å². The lowest BCUT2D eigenvalue weighted by molar-refractivity contribution is -0.385. The highest BCUT2D eigenvalue weighted by atomic mass is 79.9. The average Bonchev–Trinajstić information content (AvgIpc) is 2.39. The number of carbonyl (C=O) groups excluding carboxylic acids is 1. The van der Waals surface area contributed by atoms with Crippen molar-refractivity contribution in [1.29, 1.82) is 0 Å². The quantitative estimate of drug-likeness (QED) is 0.487. The normalized spacial score (nSPS) is 12.2. The zero-order valence-corrected chi connectivity index (χ0v) is 13.1. The lowest BCUT2D eigenvalue weighted by atomic mass is 10.0. The molecule has 1 N–H and O–H groups in total. The summed E-state index contributed by atoms with van der Waals surface area (Å²) in [6.45, 7) is 3.98. The van der Waals surface area contributed by atoms with Crippen LogP contribution in [0.25, 0.3) is 0 Å². The van der Waals surface area contributed by atoms with Crippen LogP contribution in [0.1, 0.15) is 19.4 Å². The standard InChI is InChI=1S/C13H17BrN2O4/c1-8(2)12(13(17)20-3)15-7-9-4-5-10(14)6-11(9)16(18)19/h4-6,8,12,15H,7H2,1-3H3/t12-/m0/s1. The van der Waals surface area contributed by atoms with Crippen molar-refractivity contribution in [2.45, 2.75) is 26.4 Å². The second-order valence-electron chi connectivity index (χ2n) is 4.66. The molecule has 110 valence electrons. The first kappa shape index (κ1) is 16.6. The SMILES string of the molecule is COC(=O)[C@@H](NCc1ccc(Br)cc1[N+](=O)[O-])C(C)C. The number of carbonyl (C=O) groups is 1. The van der Waals surface area contributed by atoms with Gasteiger partial charge < -0.3 is 4.74 Å². The first-order valence-electron chi connectivity index (χ1n) is 6.10. The van der Waals surface area contributed by atoms with E-state index in [1.807, 2.05) is 13.8 Å². The van der Waals surface area contributed by atoms with E-state index in [0.717, 1.165) is 0 Å². The number of esters is 1. The first-order valence-corrected chi connectivity index (χ1v) is 6.90. The largest absolute Gasteiger partial charge is 0.468 e. The summed E-state index contributed by atoms with van der Waals surface area (Å²) < 4.78 is 5.36. The van der Waals surface area contributed by atoms with Gasteiger partial charge in [0.25, 0.3) is 5.69 Å². The molecule has 0 fully saturated rings. The number of hydrogen-bond donors (Lipinski definition) is 1. The summed E-state index contributed by atoms with van der Waals surface area (Å²) in [4.78, 5) is 22.2. The van der Waals surface area contributed by atoms with Crippen molar-refractivity contribution < 1.29 is 14.5 Å². The van der Waals surface area contributed by atoms with Crippen molar-refractivity contribution in [2.24, 2.45) is 5.92 Å². The van der Waals surface area contributed by atoms with Gasteiger partial charge in [0.1, 0.15) is 6.04 Å². The van der Waals surface area contributed by atoms with Crippen LogP contribution in [0.2, 0.25) is 0 Å². The van der Waals surface area contributed by atoms with Gasteiger partial charge in [-0.1, -0.05) is 29.8 Å². The molecule has 0 saturated carbocycles. The van der Waals surface area contributed by atoms with E-state index in [2.05, 4.69) is 21.2 Å². The number of benzene rings is 1. The van der Waals surface area contributed by atoms with Gasteiger partial charge in [-0.2, -0.15) is 0 Å². The summed E-state index contributed by atoms with van der Waals surface area (Å²) in [5.41, 5.74) is 0.534. The predicted octanol–water partition coefficient (Wildman–Crippen LogP) is 2.64. The van der Waals surface area contributed by atoms with Crippen molar-refractivity contribution in [3.8, 4) is 0 Å². The highest BCUT2D eigenvalue weighted by molar-refractivity contribution is 9.10. The summed E-state index contributed by atoms with van der Waals surface area (Å²) in [6.07, 6.45) is 0. The number of hydrogen-bond acceptors (Lipinski definition) is 5. The van der Waals surface area contributed by atoms with Crippen LogP contribution in [-0.2, 0) is 16.1 Å². The Hall–Kier alpha value is -1.47. The van der Waals surface area contributed by atoms with Gasteiger partial charge in [0, 0.05) is 22.6 Å². The van der Waals surface area contributed by atoms with Gasteiger partial charge in [-0.05, 0) is 18.1 Å². The van der Waals surface area contributed by atoms with Crippen molar-refractivity contribution in [2.75, 3.05) is 7.11 Å². The van der Waals surface area contributed by atoms with E-state index >= 15 is 0 Å². The van der Waals surface area contributed by atoms with E-state index in [4.69, 9.17) is 4.74 Å². The number of methoxy groups -OCH3 is 1. The van der Waals surface area contributed by atoms with Gasteiger partial charge in [-0.15, -0.1) is 0 Å². The molecule has 7 heteroatoms. The molecule has 20 heavy (non-hydrogen) atoms. The summed E-state index contributed by atoms with van der Waals surface area (Å²) >= 11 is 3.20. The summed E-state index contributed by atoms with van der Waals surface area (Å²) in [6, 6.07) is 4.33. The van der Waals surface area contributed by atoms with Crippen LogP contribution in [0.4, 0.5) is 5.69 Å². The number of nitro benzene ring substituents is 1. The minimum atomic E-state index is -0.497. The molecule has 0 saturated heterocycles. The van der Waals surface area contributed by atoms with E-state index in [-0.39, 0.29) is 24.1 Å². The second kappa shape index (κ2) is 7.35. The Labute approximate surface area is 125 Å². The molecule has 0 heterocycles. The lowest BCUT2D eigenvalue weighted by Crippen LogP contribution is -2.41. The predicted molar refractivity (Wildman–Crippen MR) is 78.3 cm³/mol. The van der Waals surface area contributed by atoms with Gasteiger partial charge in [0.15, 0.2) is 0 Å². The minimum Gasteiger partial charge on any atom is -0.468 e. The van der Waals surface area contributed by atoms with Crippen LogP contribution in [0.15, 0.2) is 22.7 Å². The zero-order chi connectivity index (χ0) is 15.3. The number of nitrogens with one attached hydrogen (secondary N) is 1. The molecule has 0 aromatic heterocycles. The molecule has 0 aliphatic rings. The first-order chi connectivity index (χ1) is 9.36. The molecular weight excluding hydrogens is 328 g/mol. The Morgan fingerprint density at radius 2 is 2.15 bits per heavy atom. The Bertz CT molecular complexity index is 505. The Kier molecular flexibility index (Phi) is 6.09. The number of rotatable bonds is 6. The molecule has 0 unspecified atom stereocenters. The van der Waals surface area contributed by atoms with E-state index in [0.29, 0.717) is 10.0 Å². The topological polar surface area (TPSA) is 81.5 Å². The molecule has 0 amide bonds. The van der Waals surface area contributed by atoms with Crippen LogP contribution >= 0.6 is 15.9 Å². The maximum Gasteiger partial charge on any atom is 0.323 e. The van der Waals surface area contributed by atoms with Gasteiger partial charge in [-0.25, -0.2) is 0 Å². The van der Waals surface area contributed by atoms with E-state index < -0.39 is 11.0 Å². The Balaban J connectivity index is 2.88. The molecule has 1 atom stereocenters. The van der Waals surface area contributed by atoms with Crippen molar-refractivity contribution in [1.82, 2.24) is 5.32 Å². The zero-order valence-electron chi connectivity index (χ0n) is 11.6. The molecule has 0 aliphatic heterocycles. The van der Waals surface area contributed by atoms with E-state index in [1.165, 1.54) is 13.2 Å². The summed E-state index contributed by atoms with van der Waals surface area (Å²) in [5, 5.41) is 14.0. The van der Waals surface area contributed by atoms with Crippen LogP contribution in [0, 0.1) is 16.0 Å². The van der Waals surface area contributed by atoms with E-state index in [9.17, 15) is 14.9 Å². The van der Waals surface area contributed by atoms with Crippen LogP contribution in [0.3, 0.4) is 0 Å². The highest BCUT2D eigenvalue weighted by Gasteiger charge is 2.23. The molecule has 0 spiro atoms. The maximum absolute atomic E-state index is 11.6. The molecule has 1 aromatic carbocycles. The fraction of sp³-hybridized carbons (Fsp3) is 0.462. The third-order valence-corrected chi connectivity index (χ3v) is 3.37. The van der Waals surface area contributed by atoms with Crippen molar-refractivity contribution in [3.05, 3.63) is 38.3 Å². The number of ether oxygens (including phenoxy) is 1.